The van der Waals surface area contributed by atoms with Crippen LogP contribution >= 0.6 is 23.5 Å². The van der Waals surface area contributed by atoms with Crippen LogP contribution in [0.25, 0.3) is 16.5 Å². The number of allylic oxidation sites excluding steroid dienone is 1. The van der Waals surface area contributed by atoms with Gasteiger partial charge in [-0.15, -0.1) is 0 Å². The van der Waals surface area contributed by atoms with Gasteiger partial charge in [-0.05, 0) is 117 Å². The molecule has 298 valence electrons. The van der Waals surface area contributed by atoms with Gasteiger partial charge in [-0.25, -0.2) is 9.97 Å². The van der Waals surface area contributed by atoms with Crippen LogP contribution in [-0.4, -0.2) is 108 Å². The fraction of sp³-hybridized carbons (Fsp3) is 0.488. The molecule has 0 amide bonds. The molecule has 2 N–H and O–H groups in total. The van der Waals surface area contributed by atoms with Crippen LogP contribution in [0.4, 0.5) is 22.9 Å². The maximum atomic E-state index is 12.0. The Morgan fingerprint density at radius 2 is 1.68 bits per heavy atom. The van der Waals surface area contributed by atoms with Gasteiger partial charge < -0.3 is 19.8 Å². The Kier molecular flexibility index (Phi) is 13.0. The molecule has 0 bridgehead atoms. The molecular formula is C43H56ClN9O2S. The van der Waals surface area contributed by atoms with Gasteiger partial charge in [-0.2, -0.15) is 0 Å². The summed E-state index contributed by atoms with van der Waals surface area (Å²) in [6.45, 7) is 20.2. The summed E-state index contributed by atoms with van der Waals surface area (Å²) in [6, 6.07) is 20.7. The molecule has 11 nitrogen and oxygen atoms in total. The number of nitro groups is 1. The summed E-state index contributed by atoms with van der Waals surface area (Å²) in [5.74, 6) is 0.677. The molecule has 0 radical (unpaired) electrons. The van der Waals surface area contributed by atoms with E-state index in [1.54, 1.807) is 24.0 Å². The number of fused-ring (bicyclic) bond motifs is 1. The minimum atomic E-state index is -0.314. The Bertz CT molecular complexity index is 2010. The first-order chi connectivity index (χ1) is 27.0. The van der Waals surface area contributed by atoms with E-state index in [1.165, 1.54) is 29.5 Å². The van der Waals surface area contributed by atoms with Crippen LogP contribution in [0.5, 0.6) is 0 Å². The normalized spacial score (nSPS) is 18.5. The molecular weight excluding hydrogens is 742 g/mol. The van der Waals surface area contributed by atoms with E-state index in [0.717, 1.165) is 111 Å². The number of aromatic nitrogens is 2. The van der Waals surface area contributed by atoms with Crippen molar-refractivity contribution in [3.05, 3.63) is 93.3 Å². The van der Waals surface area contributed by atoms with Crippen molar-refractivity contribution in [3.63, 3.8) is 0 Å². The third kappa shape index (κ3) is 10.1. The quantitative estimate of drug-likeness (QED) is 0.0553. The largest absolute Gasteiger partial charge is 0.379 e. The van der Waals surface area contributed by atoms with Crippen LogP contribution in [0.2, 0.25) is 5.02 Å². The Balaban J connectivity index is 0.929. The highest BCUT2D eigenvalue weighted by molar-refractivity contribution is 8.00. The van der Waals surface area contributed by atoms with Crippen LogP contribution in [0.3, 0.4) is 0 Å². The van der Waals surface area contributed by atoms with Gasteiger partial charge in [0.2, 0.25) is 0 Å². The molecule has 3 aliphatic rings. The summed E-state index contributed by atoms with van der Waals surface area (Å²) in [4.78, 5) is 31.6. The summed E-state index contributed by atoms with van der Waals surface area (Å²) >= 11 is 7.54. The molecule has 0 spiro atoms. The summed E-state index contributed by atoms with van der Waals surface area (Å²) in [5.41, 5.74) is 7.32. The van der Waals surface area contributed by atoms with Crippen molar-refractivity contribution < 1.29 is 4.92 Å². The number of anilines is 3. The number of rotatable bonds is 14. The van der Waals surface area contributed by atoms with Crippen molar-refractivity contribution in [1.29, 1.82) is 0 Å². The van der Waals surface area contributed by atoms with E-state index in [1.807, 2.05) is 18.2 Å². The van der Waals surface area contributed by atoms with Gasteiger partial charge in [0.05, 0.1) is 10.4 Å². The van der Waals surface area contributed by atoms with Crippen LogP contribution in [0, 0.1) is 15.5 Å². The van der Waals surface area contributed by atoms with Crippen molar-refractivity contribution in [3.8, 4) is 0 Å². The summed E-state index contributed by atoms with van der Waals surface area (Å²) in [7, 11) is 0. The number of hydrogen-bond acceptors (Lipinski definition) is 11. The minimum absolute atomic E-state index is 0.0703. The molecule has 0 atom stereocenters. The SMILES string of the molecule is CC(C)N1CCN(CCCNc2ccc(SNc3ncnc4cc(N5CCN(CC6=C(c7ccc(Cl)cc7)CCC(C)(C)C6)CC5)ccc34)cc2[N+](=O)[O-])CC1. The molecule has 0 unspecified atom stereocenters. The maximum absolute atomic E-state index is 12.0. The molecule has 1 aromatic heterocycles. The molecule has 2 fully saturated rings. The van der Waals surface area contributed by atoms with Gasteiger partial charge in [0.25, 0.3) is 5.69 Å². The summed E-state index contributed by atoms with van der Waals surface area (Å²) < 4.78 is 3.34. The molecule has 0 saturated carbocycles. The Morgan fingerprint density at radius 1 is 0.929 bits per heavy atom. The lowest BCUT2D eigenvalue weighted by Crippen LogP contribution is -2.49. The molecule has 13 heteroatoms. The third-order valence-electron chi connectivity index (χ3n) is 11.7. The molecule has 1 aliphatic carbocycles. The number of hydrogen-bond donors (Lipinski definition) is 2. The maximum Gasteiger partial charge on any atom is 0.293 e. The number of halogens is 1. The first-order valence-electron chi connectivity index (χ1n) is 20.1. The predicted molar refractivity (Wildman–Crippen MR) is 233 cm³/mol. The molecule has 56 heavy (non-hydrogen) atoms. The smallest absolute Gasteiger partial charge is 0.293 e. The van der Waals surface area contributed by atoms with Gasteiger partial charge in [0, 0.05) is 98.5 Å². The number of benzene rings is 3. The second-order valence-electron chi connectivity index (χ2n) is 16.5. The molecule has 7 rings (SSSR count). The monoisotopic (exact) mass is 797 g/mol. The average molecular weight is 799 g/mol. The van der Waals surface area contributed by atoms with Crippen molar-refractivity contribution >= 4 is 62.9 Å². The lowest BCUT2D eigenvalue weighted by Gasteiger charge is -2.39. The second kappa shape index (κ2) is 18.1. The second-order valence-corrected chi connectivity index (χ2v) is 17.8. The van der Waals surface area contributed by atoms with E-state index < -0.39 is 0 Å². The lowest BCUT2D eigenvalue weighted by molar-refractivity contribution is -0.384. The fourth-order valence-electron chi connectivity index (χ4n) is 8.33. The van der Waals surface area contributed by atoms with E-state index in [4.69, 9.17) is 11.6 Å². The number of nitrogens with zero attached hydrogens (tertiary/aromatic N) is 7. The summed E-state index contributed by atoms with van der Waals surface area (Å²) in [5, 5.41) is 17.0. The van der Waals surface area contributed by atoms with E-state index in [2.05, 4.69) is 97.6 Å². The van der Waals surface area contributed by atoms with Gasteiger partial charge >= 0.3 is 0 Å². The number of nitro benzene ring substituents is 1. The van der Waals surface area contributed by atoms with E-state index in [0.29, 0.717) is 29.5 Å². The zero-order valence-corrected chi connectivity index (χ0v) is 34.8. The van der Waals surface area contributed by atoms with Crippen LogP contribution in [0.1, 0.15) is 58.9 Å². The van der Waals surface area contributed by atoms with Crippen LogP contribution in [-0.2, 0) is 0 Å². The highest BCUT2D eigenvalue weighted by Crippen LogP contribution is 2.43. The average Bonchev–Trinajstić information content (AvgIpc) is 3.19. The fourth-order valence-corrected chi connectivity index (χ4v) is 9.14. The Labute approximate surface area is 341 Å². The zero-order valence-electron chi connectivity index (χ0n) is 33.3. The first kappa shape index (κ1) is 40.3. The van der Waals surface area contributed by atoms with Gasteiger partial charge in [0.1, 0.15) is 17.8 Å². The minimum Gasteiger partial charge on any atom is -0.379 e. The third-order valence-corrected chi connectivity index (χ3v) is 12.7. The van der Waals surface area contributed by atoms with Crippen LogP contribution < -0.4 is 14.9 Å². The van der Waals surface area contributed by atoms with E-state index in [9.17, 15) is 10.1 Å². The van der Waals surface area contributed by atoms with E-state index >= 15 is 0 Å². The number of piperazine rings is 2. The van der Waals surface area contributed by atoms with Gasteiger partial charge in [0.15, 0.2) is 0 Å². The Morgan fingerprint density at radius 3 is 2.41 bits per heavy atom. The van der Waals surface area contributed by atoms with Crippen molar-refractivity contribution in [2.45, 2.75) is 64.3 Å². The standard InChI is InChI=1S/C43H56ClN9O2S/c1-31(2)51-22-18-49(19-23-51)17-5-16-45-39-13-11-36(27-41(39)53(54)55)56-48-42-38-12-10-35(26-40(38)46-30-47-42)52-24-20-50(21-25-52)29-33-28-43(3,4)15-14-37(33)32-6-8-34(44)9-7-32/h6-13,26-27,30-31,45H,5,14-25,28-29H2,1-4H3,(H,46,47,48). The molecule has 3 heterocycles. The number of nitrogens with one attached hydrogen (secondary N) is 2. The van der Waals surface area contributed by atoms with Crippen LogP contribution in [0.15, 0.2) is 77.5 Å². The molecule has 2 saturated heterocycles. The highest BCUT2D eigenvalue weighted by Gasteiger charge is 2.30. The molecule has 2 aliphatic heterocycles. The topological polar surface area (TPSA) is 106 Å². The van der Waals surface area contributed by atoms with Crippen molar-refractivity contribution in [1.82, 2.24) is 24.7 Å². The zero-order chi connectivity index (χ0) is 39.2. The van der Waals surface area contributed by atoms with Gasteiger partial charge in [-0.3, -0.25) is 19.9 Å². The Hall–Kier alpha value is -3.94. The van der Waals surface area contributed by atoms with Crippen molar-refractivity contribution in [2.75, 3.05) is 86.9 Å². The molecule has 3 aromatic carbocycles. The van der Waals surface area contributed by atoms with E-state index in [-0.39, 0.29) is 10.6 Å². The molecule has 4 aromatic rings. The van der Waals surface area contributed by atoms with Gasteiger partial charge in [-0.1, -0.05) is 43.2 Å². The lowest BCUT2D eigenvalue weighted by atomic mass is 9.73. The summed E-state index contributed by atoms with van der Waals surface area (Å²) in [6.07, 6.45) is 5.94. The highest BCUT2D eigenvalue weighted by atomic mass is 35.5. The van der Waals surface area contributed by atoms with Crippen molar-refractivity contribution in [2.24, 2.45) is 5.41 Å². The first-order valence-corrected chi connectivity index (χ1v) is 21.3. The predicted octanol–water partition coefficient (Wildman–Crippen LogP) is 8.92.